The number of likely N-dealkylation sites (tertiary alicyclic amines) is 1. The number of methoxy groups -OCH3 is 1. The summed E-state index contributed by atoms with van der Waals surface area (Å²) in [6.45, 7) is 4.93. The van der Waals surface area contributed by atoms with Crippen molar-refractivity contribution in [2.45, 2.75) is 32.7 Å². The van der Waals surface area contributed by atoms with Crippen LogP contribution in [-0.2, 0) is 11.3 Å². The molecule has 1 aromatic carbocycles. The summed E-state index contributed by atoms with van der Waals surface area (Å²) in [6.07, 6.45) is 6.57. The summed E-state index contributed by atoms with van der Waals surface area (Å²) in [7, 11) is 1.67. The fraction of sp³-hybridized carbons (Fsp3) is 0.435. The van der Waals surface area contributed by atoms with E-state index in [2.05, 4.69) is 12.0 Å². The van der Waals surface area contributed by atoms with Crippen molar-refractivity contribution in [2.24, 2.45) is 5.92 Å². The SMILES string of the molecule is COCCCn1cc(C(=O)N2CCC[C@H](C)C2)c2nn(-c3ccccc3)c(=O)c-2c1. The first kappa shape index (κ1) is 20.3. The van der Waals surface area contributed by atoms with Crippen LogP contribution in [0.15, 0.2) is 47.5 Å². The Morgan fingerprint density at radius 3 is 2.77 bits per heavy atom. The summed E-state index contributed by atoms with van der Waals surface area (Å²) in [5, 5.41) is 4.57. The molecule has 7 heteroatoms. The van der Waals surface area contributed by atoms with Crippen molar-refractivity contribution in [3.8, 4) is 16.9 Å². The van der Waals surface area contributed by atoms with Gasteiger partial charge in [-0.3, -0.25) is 9.59 Å². The minimum Gasteiger partial charge on any atom is -0.385 e. The monoisotopic (exact) mass is 408 g/mol. The Balaban J connectivity index is 1.80. The standard InChI is InChI=1S/C23H28N4O3/c1-17-8-6-12-26(14-17)22(28)19-15-25(11-7-13-30-2)16-20-21(19)24-27(23(20)29)18-9-4-3-5-10-18/h3-5,9-10,15-17H,6-8,11-14H2,1-2H3/t17-/m0/s1. The third-order valence-corrected chi connectivity index (χ3v) is 5.66. The topological polar surface area (TPSA) is 69.4 Å². The maximum Gasteiger partial charge on any atom is 0.282 e. The minimum atomic E-state index is -0.210. The van der Waals surface area contributed by atoms with Crippen LogP contribution in [0.1, 0.15) is 36.5 Å². The summed E-state index contributed by atoms with van der Waals surface area (Å²) in [4.78, 5) is 28.5. The number of fused-ring (bicyclic) bond motifs is 1. The largest absolute Gasteiger partial charge is 0.385 e. The Labute approximate surface area is 176 Å². The van der Waals surface area contributed by atoms with E-state index in [4.69, 9.17) is 4.74 Å². The summed E-state index contributed by atoms with van der Waals surface area (Å²) < 4.78 is 8.46. The van der Waals surface area contributed by atoms with Crippen molar-refractivity contribution < 1.29 is 9.53 Å². The highest BCUT2D eigenvalue weighted by Crippen LogP contribution is 2.26. The Hall–Kier alpha value is -2.93. The third kappa shape index (κ3) is 4.03. The van der Waals surface area contributed by atoms with Gasteiger partial charge in [0.2, 0.25) is 0 Å². The highest BCUT2D eigenvalue weighted by molar-refractivity contribution is 6.00. The number of amides is 1. The molecule has 0 radical (unpaired) electrons. The van der Waals surface area contributed by atoms with Crippen LogP contribution in [-0.4, -0.2) is 52.0 Å². The van der Waals surface area contributed by atoms with Gasteiger partial charge in [-0.1, -0.05) is 25.1 Å². The lowest BCUT2D eigenvalue weighted by atomic mass is 9.99. The van der Waals surface area contributed by atoms with Crippen LogP contribution in [0.4, 0.5) is 0 Å². The number of carbonyl (C=O) groups is 1. The van der Waals surface area contributed by atoms with E-state index in [9.17, 15) is 9.59 Å². The van der Waals surface area contributed by atoms with Gasteiger partial charge in [0, 0.05) is 45.7 Å². The van der Waals surface area contributed by atoms with E-state index in [1.54, 1.807) is 13.3 Å². The molecule has 0 aliphatic carbocycles. The number of pyridine rings is 1. The Kier molecular flexibility index (Phi) is 5.99. The highest BCUT2D eigenvalue weighted by atomic mass is 16.5. The number of hydrogen-bond donors (Lipinski definition) is 0. The zero-order chi connectivity index (χ0) is 21.1. The molecule has 3 heterocycles. The van der Waals surface area contributed by atoms with Gasteiger partial charge < -0.3 is 14.2 Å². The molecular formula is C23H28N4O3. The molecule has 0 bridgehead atoms. The fourth-order valence-electron chi connectivity index (χ4n) is 4.13. The maximum absolute atomic E-state index is 13.4. The number of benzene rings is 1. The Morgan fingerprint density at radius 2 is 2.03 bits per heavy atom. The van der Waals surface area contributed by atoms with Crippen LogP contribution in [0.2, 0.25) is 0 Å². The predicted molar refractivity (Wildman–Crippen MR) is 115 cm³/mol. The maximum atomic E-state index is 13.4. The molecule has 1 saturated heterocycles. The second-order valence-electron chi connectivity index (χ2n) is 8.07. The highest BCUT2D eigenvalue weighted by Gasteiger charge is 2.29. The third-order valence-electron chi connectivity index (χ3n) is 5.66. The van der Waals surface area contributed by atoms with Crippen molar-refractivity contribution in [1.82, 2.24) is 19.2 Å². The first-order valence-corrected chi connectivity index (χ1v) is 10.5. The predicted octanol–water partition coefficient (Wildman–Crippen LogP) is 3.05. The zero-order valence-corrected chi connectivity index (χ0v) is 17.6. The van der Waals surface area contributed by atoms with Crippen LogP contribution in [0.25, 0.3) is 16.9 Å². The molecular weight excluding hydrogens is 380 g/mol. The average Bonchev–Trinajstić information content (AvgIpc) is 3.10. The molecule has 7 nitrogen and oxygen atoms in total. The summed E-state index contributed by atoms with van der Waals surface area (Å²) >= 11 is 0. The van der Waals surface area contributed by atoms with E-state index in [-0.39, 0.29) is 11.5 Å². The summed E-state index contributed by atoms with van der Waals surface area (Å²) in [5.74, 6) is 0.429. The fourth-order valence-corrected chi connectivity index (χ4v) is 4.13. The second kappa shape index (κ2) is 8.83. The van der Waals surface area contributed by atoms with Crippen LogP contribution in [0.5, 0.6) is 0 Å². The molecule has 0 aromatic heterocycles. The smallest absolute Gasteiger partial charge is 0.282 e. The molecule has 1 atom stereocenters. The normalized spacial score (nSPS) is 16.9. The second-order valence-corrected chi connectivity index (χ2v) is 8.07. The number of carbonyl (C=O) groups excluding carboxylic acids is 1. The Morgan fingerprint density at radius 1 is 1.23 bits per heavy atom. The van der Waals surface area contributed by atoms with Gasteiger partial charge in [0.25, 0.3) is 11.5 Å². The zero-order valence-electron chi connectivity index (χ0n) is 17.6. The lowest BCUT2D eigenvalue weighted by Gasteiger charge is -2.31. The van der Waals surface area contributed by atoms with E-state index in [0.717, 1.165) is 32.4 Å². The number of aryl methyl sites for hydroxylation is 1. The number of nitrogens with zero attached hydrogens (tertiary/aromatic N) is 4. The molecule has 30 heavy (non-hydrogen) atoms. The lowest BCUT2D eigenvalue weighted by molar-refractivity contribution is 0.0682. The molecule has 0 saturated carbocycles. The van der Waals surface area contributed by atoms with Crippen molar-refractivity contribution in [3.05, 3.63) is 58.6 Å². The van der Waals surface area contributed by atoms with Crippen molar-refractivity contribution in [3.63, 3.8) is 0 Å². The van der Waals surface area contributed by atoms with Crippen LogP contribution in [0, 0.1) is 5.92 Å². The molecule has 1 aromatic rings. The molecule has 1 amide bonds. The number of hydrogen-bond acceptors (Lipinski definition) is 4. The summed E-state index contributed by atoms with van der Waals surface area (Å²) in [5.41, 5.74) is 1.90. The van der Waals surface area contributed by atoms with Crippen molar-refractivity contribution in [2.75, 3.05) is 26.8 Å². The summed E-state index contributed by atoms with van der Waals surface area (Å²) in [6, 6.07) is 9.31. The van der Waals surface area contributed by atoms with E-state index in [1.165, 1.54) is 4.68 Å². The minimum absolute atomic E-state index is 0.0506. The van der Waals surface area contributed by atoms with E-state index >= 15 is 0 Å². The van der Waals surface area contributed by atoms with E-state index in [1.807, 2.05) is 46.0 Å². The molecule has 0 unspecified atom stereocenters. The van der Waals surface area contributed by atoms with Gasteiger partial charge >= 0.3 is 0 Å². The van der Waals surface area contributed by atoms with E-state index in [0.29, 0.717) is 41.6 Å². The average molecular weight is 409 g/mol. The number of piperidine rings is 1. The quantitative estimate of drug-likeness (QED) is 0.588. The first-order valence-electron chi connectivity index (χ1n) is 10.5. The molecule has 1 fully saturated rings. The number of ether oxygens (including phenoxy) is 1. The van der Waals surface area contributed by atoms with Gasteiger partial charge in [0.05, 0.1) is 16.8 Å². The van der Waals surface area contributed by atoms with Gasteiger partial charge in [-0.15, -0.1) is 0 Å². The van der Waals surface area contributed by atoms with Gasteiger partial charge in [-0.2, -0.15) is 9.78 Å². The molecule has 3 aliphatic heterocycles. The molecule has 4 rings (SSSR count). The van der Waals surface area contributed by atoms with Gasteiger partial charge in [0.1, 0.15) is 5.69 Å². The molecule has 158 valence electrons. The number of aromatic nitrogens is 3. The lowest BCUT2D eigenvalue weighted by Crippen LogP contribution is -2.39. The van der Waals surface area contributed by atoms with Crippen LogP contribution in [0.3, 0.4) is 0 Å². The molecule has 0 N–H and O–H groups in total. The van der Waals surface area contributed by atoms with E-state index < -0.39 is 0 Å². The molecule has 0 spiro atoms. The van der Waals surface area contributed by atoms with Crippen molar-refractivity contribution >= 4 is 5.91 Å². The van der Waals surface area contributed by atoms with Gasteiger partial charge in [0.15, 0.2) is 0 Å². The number of rotatable bonds is 6. The van der Waals surface area contributed by atoms with Gasteiger partial charge in [-0.05, 0) is 37.3 Å². The Bertz CT molecular complexity index is 1040. The van der Waals surface area contributed by atoms with Crippen LogP contribution < -0.4 is 5.56 Å². The first-order chi connectivity index (χ1) is 14.6. The van der Waals surface area contributed by atoms with Crippen LogP contribution >= 0.6 is 0 Å². The van der Waals surface area contributed by atoms with Crippen molar-refractivity contribution in [1.29, 1.82) is 0 Å². The number of para-hydroxylation sites is 1. The van der Waals surface area contributed by atoms with Gasteiger partial charge in [-0.25, -0.2) is 0 Å². The molecule has 3 aliphatic rings.